The number of nitrogens with one attached hydrogen (secondary N) is 2. The minimum atomic E-state index is 0.922. The van der Waals surface area contributed by atoms with E-state index < -0.39 is 0 Å². The van der Waals surface area contributed by atoms with Gasteiger partial charge in [0.2, 0.25) is 0 Å². The van der Waals surface area contributed by atoms with Crippen LogP contribution in [0.15, 0.2) is 16.6 Å². The molecule has 0 aromatic carbocycles. The van der Waals surface area contributed by atoms with Crippen molar-refractivity contribution in [3.63, 3.8) is 0 Å². The summed E-state index contributed by atoms with van der Waals surface area (Å²) in [5.41, 5.74) is 1.62. The fourth-order valence-electron chi connectivity index (χ4n) is 1.82. The van der Waals surface area contributed by atoms with Crippen molar-refractivity contribution in [2.45, 2.75) is 25.7 Å². The Hall–Kier alpha value is -0.990. The van der Waals surface area contributed by atoms with E-state index in [9.17, 15) is 0 Å². The largest absolute Gasteiger partial charge is 0.356 e. The van der Waals surface area contributed by atoms with Crippen molar-refractivity contribution < 1.29 is 0 Å². The fourth-order valence-corrected chi connectivity index (χ4v) is 1.82. The van der Waals surface area contributed by atoms with Gasteiger partial charge in [-0.3, -0.25) is 4.99 Å². The number of allylic oxidation sites excluding steroid dienone is 1. The highest BCUT2D eigenvalue weighted by atomic mass is 15.2. The van der Waals surface area contributed by atoms with Gasteiger partial charge < -0.3 is 10.6 Å². The van der Waals surface area contributed by atoms with Crippen LogP contribution in [-0.2, 0) is 0 Å². The summed E-state index contributed by atoms with van der Waals surface area (Å²) in [6.07, 6.45) is 7.51. The third-order valence-electron chi connectivity index (χ3n) is 2.55. The van der Waals surface area contributed by atoms with Gasteiger partial charge in [0, 0.05) is 13.1 Å². The minimum Gasteiger partial charge on any atom is -0.356 e. The number of guanidine groups is 1. The second kappa shape index (κ2) is 4.30. The van der Waals surface area contributed by atoms with Crippen LogP contribution in [0.3, 0.4) is 0 Å². The van der Waals surface area contributed by atoms with Gasteiger partial charge in [-0.05, 0) is 25.7 Å². The van der Waals surface area contributed by atoms with Gasteiger partial charge >= 0.3 is 0 Å². The molecular weight excluding hydrogens is 162 g/mol. The Morgan fingerprint density at radius 3 is 3.23 bits per heavy atom. The lowest BCUT2D eigenvalue weighted by atomic mass is 10.2. The number of rotatable bonds is 3. The molecule has 1 aliphatic heterocycles. The summed E-state index contributed by atoms with van der Waals surface area (Å²) in [6, 6.07) is 0. The van der Waals surface area contributed by atoms with Crippen LogP contribution in [-0.4, -0.2) is 25.6 Å². The molecule has 0 radical (unpaired) electrons. The lowest BCUT2D eigenvalue weighted by Crippen LogP contribution is -2.34. The number of hydrogen-bond donors (Lipinski definition) is 2. The van der Waals surface area contributed by atoms with Crippen molar-refractivity contribution in [1.82, 2.24) is 10.6 Å². The Labute approximate surface area is 79.3 Å². The van der Waals surface area contributed by atoms with Crippen LogP contribution in [0, 0.1) is 0 Å². The van der Waals surface area contributed by atoms with Gasteiger partial charge in [0.05, 0.1) is 6.54 Å². The van der Waals surface area contributed by atoms with E-state index in [2.05, 4.69) is 21.7 Å². The Balaban J connectivity index is 1.63. The van der Waals surface area contributed by atoms with E-state index in [-0.39, 0.29) is 0 Å². The topological polar surface area (TPSA) is 36.4 Å². The average molecular weight is 179 g/mol. The first-order chi connectivity index (χ1) is 6.45. The zero-order chi connectivity index (χ0) is 8.93. The summed E-state index contributed by atoms with van der Waals surface area (Å²) in [7, 11) is 0. The quantitative estimate of drug-likeness (QED) is 0.635. The van der Waals surface area contributed by atoms with Crippen molar-refractivity contribution in [3.8, 4) is 0 Å². The molecule has 0 amide bonds. The predicted molar refractivity (Wildman–Crippen MR) is 54.9 cm³/mol. The second-order valence-corrected chi connectivity index (χ2v) is 3.59. The number of nitrogens with zero attached hydrogens (tertiary/aromatic N) is 1. The standard InChI is InChI=1S/C10H17N3/c1-2-4-9(3-1)5-6-11-10-12-7-8-13-10/h3H,1-2,4-8H2,(H2,11,12,13). The highest BCUT2D eigenvalue weighted by Gasteiger charge is 2.06. The maximum Gasteiger partial charge on any atom is 0.191 e. The zero-order valence-electron chi connectivity index (χ0n) is 7.97. The lowest BCUT2D eigenvalue weighted by Gasteiger charge is -2.06. The molecule has 0 saturated heterocycles. The Bertz CT molecular complexity index is 206. The molecule has 2 rings (SSSR count). The summed E-state index contributed by atoms with van der Waals surface area (Å²) in [5, 5.41) is 6.51. The van der Waals surface area contributed by atoms with Crippen LogP contribution in [0.25, 0.3) is 0 Å². The summed E-state index contributed by atoms with van der Waals surface area (Å²) >= 11 is 0. The Morgan fingerprint density at radius 1 is 1.54 bits per heavy atom. The third-order valence-corrected chi connectivity index (χ3v) is 2.55. The molecule has 0 aromatic heterocycles. The summed E-state index contributed by atoms with van der Waals surface area (Å²) in [4.78, 5) is 4.27. The van der Waals surface area contributed by atoms with Crippen molar-refractivity contribution >= 4 is 5.96 Å². The van der Waals surface area contributed by atoms with E-state index in [1.807, 2.05) is 0 Å². The first-order valence-electron chi connectivity index (χ1n) is 5.15. The number of hydrogen-bond acceptors (Lipinski definition) is 3. The van der Waals surface area contributed by atoms with Crippen LogP contribution in [0.1, 0.15) is 25.7 Å². The van der Waals surface area contributed by atoms with Crippen molar-refractivity contribution in [2.24, 2.45) is 4.99 Å². The van der Waals surface area contributed by atoms with Gasteiger partial charge in [0.15, 0.2) is 5.96 Å². The molecule has 0 bridgehead atoms. The first-order valence-corrected chi connectivity index (χ1v) is 5.15. The molecular formula is C10H17N3. The van der Waals surface area contributed by atoms with Gasteiger partial charge in [0.25, 0.3) is 0 Å². The lowest BCUT2D eigenvalue weighted by molar-refractivity contribution is 0.796. The monoisotopic (exact) mass is 179 g/mol. The van der Waals surface area contributed by atoms with Gasteiger partial charge in [-0.25, -0.2) is 0 Å². The van der Waals surface area contributed by atoms with Gasteiger partial charge in [-0.2, -0.15) is 0 Å². The molecule has 0 spiro atoms. The molecule has 3 nitrogen and oxygen atoms in total. The normalized spacial score (nSPS) is 20.9. The van der Waals surface area contributed by atoms with E-state index in [4.69, 9.17) is 0 Å². The maximum atomic E-state index is 4.27. The number of aliphatic imine (C=N–C) groups is 1. The van der Waals surface area contributed by atoms with Gasteiger partial charge in [-0.1, -0.05) is 11.6 Å². The van der Waals surface area contributed by atoms with E-state index in [1.54, 1.807) is 5.57 Å². The molecule has 72 valence electrons. The zero-order valence-corrected chi connectivity index (χ0v) is 7.97. The van der Waals surface area contributed by atoms with Crippen LogP contribution in [0.5, 0.6) is 0 Å². The van der Waals surface area contributed by atoms with E-state index in [0.29, 0.717) is 0 Å². The van der Waals surface area contributed by atoms with Crippen LogP contribution >= 0.6 is 0 Å². The van der Waals surface area contributed by atoms with Crippen LogP contribution in [0.2, 0.25) is 0 Å². The third kappa shape index (κ3) is 2.47. The molecule has 1 aliphatic carbocycles. The summed E-state index contributed by atoms with van der Waals surface area (Å²) in [6.45, 7) is 2.94. The van der Waals surface area contributed by atoms with Crippen LogP contribution in [0.4, 0.5) is 0 Å². The molecule has 2 N–H and O–H groups in total. The molecule has 0 aromatic rings. The maximum absolute atomic E-state index is 4.27. The molecule has 0 fully saturated rings. The molecule has 0 saturated carbocycles. The smallest absolute Gasteiger partial charge is 0.191 e. The predicted octanol–water partition coefficient (Wildman–Crippen LogP) is 1.04. The fraction of sp³-hybridized carbons (Fsp3) is 0.700. The van der Waals surface area contributed by atoms with Crippen molar-refractivity contribution in [3.05, 3.63) is 11.6 Å². The highest BCUT2D eigenvalue weighted by molar-refractivity contribution is 5.81. The van der Waals surface area contributed by atoms with E-state index in [1.165, 1.54) is 25.7 Å². The van der Waals surface area contributed by atoms with E-state index >= 15 is 0 Å². The summed E-state index contributed by atoms with van der Waals surface area (Å²) < 4.78 is 0. The molecule has 3 heteroatoms. The molecule has 2 aliphatic rings. The first kappa shape index (κ1) is 8.60. The minimum absolute atomic E-state index is 0.922. The Kier molecular flexibility index (Phi) is 2.85. The van der Waals surface area contributed by atoms with Gasteiger partial charge in [0.1, 0.15) is 0 Å². The average Bonchev–Trinajstić information content (AvgIpc) is 2.75. The molecule has 13 heavy (non-hydrogen) atoms. The van der Waals surface area contributed by atoms with Crippen molar-refractivity contribution in [1.29, 1.82) is 0 Å². The van der Waals surface area contributed by atoms with Crippen LogP contribution < -0.4 is 10.6 Å². The highest BCUT2D eigenvalue weighted by Crippen LogP contribution is 2.19. The molecule has 1 heterocycles. The van der Waals surface area contributed by atoms with Crippen molar-refractivity contribution in [2.75, 3.05) is 19.6 Å². The Morgan fingerprint density at radius 2 is 2.54 bits per heavy atom. The summed E-state index contributed by atoms with van der Waals surface area (Å²) in [5.74, 6) is 0.985. The molecule has 0 atom stereocenters. The molecule has 0 unspecified atom stereocenters. The SMILES string of the molecule is C1=C(CCNC2=NCCN2)CCC1. The second-order valence-electron chi connectivity index (χ2n) is 3.59. The van der Waals surface area contributed by atoms with E-state index in [0.717, 1.165) is 25.6 Å². The van der Waals surface area contributed by atoms with Gasteiger partial charge in [-0.15, -0.1) is 0 Å².